The van der Waals surface area contributed by atoms with Gasteiger partial charge in [-0.1, -0.05) is 30.3 Å². The molecule has 21 heavy (non-hydrogen) atoms. The van der Waals surface area contributed by atoms with E-state index in [0.29, 0.717) is 17.0 Å². The van der Waals surface area contributed by atoms with Gasteiger partial charge >= 0.3 is 0 Å². The summed E-state index contributed by atoms with van der Waals surface area (Å²) in [5, 5.41) is 12.4. The first-order valence-electron chi connectivity index (χ1n) is 6.48. The van der Waals surface area contributed by atoms with Gasteiger partial charge < -0.3 is 20.9 Å². The Kier molecular flexibility index (Phi) is 4.14. The number of carbonyl (C=O) groups is 1. The molecule has 5 nitrogen and oxygen atoms in total. The third-order valence-corrected chi connectivity index (χ3v) is 3.28. The highest BCUT2D eigenvalue weighted by Crippen LogP contribution is 2.29. The highest BCUT2D eigenvalue weighted by molar-refractivity contribution is 5.98. The molecule has 0 aromatic heterocycles. The molecule has 110 valence electrons. The Bertz CT molecular complexity index is 639. The Hall–Kier alpha value is -2.53. The van der Waals surface area contributed by atoms with Crippen molar-refractivity contribution in [2.24, 2.45) is 5.73 Å². The molecule has 1 unspecified atom stereocenters. The summed E-state index contributed by atoms with van der Waals surface area (Å²) in [5.74, 6) is -0.0708. The van der Waals surface area contributed by atoms with Gasteiger partial charge in [-0.25, -0.2) is 0 Å². The van der Waals surface area contributed by atoms with Gasteiger partial charge in [0.2, 0.25) is 5.91 Å². The normalized spacial score (nSPS) is 13.3. The van der Waals surface area contributed by atoms with E-state index in [0.717, 1.165) is 0 Å². The molecule has 0 aliphatic heterocycles. The molecule has 1 amide bonds. The SMILES string of the molecule is COc1ccc(NC(=O)C(C)(N)c2ccccc2)cc1O. The summed E-state index contributed by atoms with van der Waals surface area (Å²) in [5.41, 5.74) is 6.11. The molecule has 1 atom stereocenters. The number of methoxy groups -OCH3 is 1. The maximum atomic E-state index is 12.4. The van der Waals surface area contributed by atoms with Crippen LogP contribution in [-0.2, 0) is 10.3 Å². The summed E-state index contributed by atoms with van der Waals surface area (Å²) in [7, 11) is 1.46. The van der Waals surface area contributed by atoms with Crippen LogP contribution >= 0.6 is 0 Å². The lowest BCUT2D eigenvalue weighted by Crippen LogP contribution is -2.45. The maximum Gasteiger partial charge on any atom is 0.248 e. The smallest absolute Gasteiger partial charge is 0.248 e. The summed E-state index contributed by atoms with van der Waals surface area (Å²) in [6.45, 7) is 1.64. The van der Waals surface area contributed by atoms with Crippen molar-refractivity contribution in [2.45, 2.75) is 12.5 Å². The van der Waals surface area contributed by atoms with Gasteiger partial charge in [0.1, 0.15) is 5.54 Å². The molecule has 0 fully saturated rings. The van der Waals surface area contributed by atoms with Crippen LogP contribution in [0.4, 0.5) is 5.69 Å². The summed E-state index contributed by atoms with van der Waals surface area (Å²) in [6.07, 6.45) is 0. The monoisotopic (exact) mass is 286 g/mol. The van der Waals surface area contributed by atoms with Crippen LogP contribution in [0.2, 0.25) is 0 Å². The van der Waals surface area contributed by atoms with E-state index in [1.165, 1.54) is 13.2 Å². The number of nitrogens with two attached hydrogens (primary N) is 1. The molecule has 2 aromatic rings. The molecule has 2 rings (SSSR count). The molecule has 0 radical (unpaired) electrons. The summed E-state index contributed by atoms with van der Waals surface area (Å²) >= 11 is 0. The van der Waals surface area contributed by atoms with Crippen LogP contribution in [0.1, 0.15) is 12.5 Å². The van der Waals surface area contributed by atoms with E-state index in [1.54, 1.807) is 31.2 Å². The number of aromatic hydroxyl groups is 1. The lowest BCUT2D eigenvalue weighted by atomic mass is 9.92. The first kappa shape index (κ1) is 14.9. The van der Waals surface area contributed by atoms with Gasteiger partial charge in [-0.05, 0) is 24.6 Å². The van der Waals surface area contributed by atoms with Gasteiger partial charge in [-0.2, -0.15) is 0 Å². The quantitative estimate of drug-likeness (QED) is 0.804. The van der Waals surface area contributed by atoms with E-state index in [-0.39, 0.29) is 11.7 Å². The predicted octanol–water partition coefficient (Wildman–Crippen LogP) is 2.21. The van der Waals surface area contributed by atoms with E-state index in [9.17, 15) is 9.90 Å². The summed E-state index contributed by atoms with van der Waals surface area (Å²) in [4.78, 5) is 12.4. The van der Waals surface area contributed by atoms with Gasteiger partial charge in [0.15, 0.2) is 11.5 Å². The zero-order chi connectivity index (χ0) is 15.5. The van der Waals surface area contributed by atoms with E-state index in [4.69, 9.17) is 10.5 Å². The number of hydrogen-bond acceptors (Lipinski definition) is 4. The van der Waals surface area contributed by atoms with Gasteiger partial charge in [0.05, 0.1) is 7.11 Å². The molecule has 0 spiro atoms. The van der Waals surface area contributed by atoms with Crippen molar-refractivity contribution in [3.63, 3.8) is 0 Å². The number of nitrogens with one attached hydrogen (secondary N) is 1. The Balaban J connectivity index is 2.19. The minimum atomic E-state index is -1.17. The highest BCUT2D eigenvalue weighted by Gasteiger charge is 2.30. The second kappa shape index (κ2) is 5.85. The number of hydrogen-bond donors (Lipinski definition) is 3. The Morgan fingerprint density at radius 1 is 1.24 bits per heavy atom. The molecule has 0 aliphatic rings. The average molecular weight is 286 g/mol. The third-order valence-electron chi connectivity index (χ3n) is 3.28. The van der Waals surface area contributed by atoms with Crippen molar-refractivity contribution in [3.05, 3.63) is 54.1 Å². The predicted molar refractivity (Wildman–Crippen MR) is 81.3 cm³/mol. The van der Waals surface area contributed by atoms with Gasteiger partial charge in [-0.15, -0.1) is 0 Å². The van der Waals surface area contributed by atoms with Crippen molar-refractivity contribution >= 4 is 11.6 Å². The number of benzene rings is 2. The number of phenols is 1. The second-order valence-corrected chi connectivity index (χ2v) is 4.91. The van der Waals surface area contributed by atoms with Crippen molar-refractivity contribution in [1.82, 2.24) is 0 Å². The average Bonchev–Trinajstić information content (AvgIpc) is 2.48. The van der Waals surface area contributed by atoms with Crippen molar-refractivity contribution in [2.75, 3.05) is 12.4 Å². The number of anilines is 1. The molecule has 0 saturated heterocycles. The van der Waals surface area contributed by atoms with E-state index in [1.807, 2.05) is 18.2 Å². The molecule has 2 aromatic carbocycles. The molecular weight excluding hydrogens is 268 g/mol. The van der Waals surface area contributed by atoms with Crippen molar-refractivity contribution in [3.8, 4) is 11.5 Å². The van der Waals surface area contributed by atoms with Crippen LogP contribution in [0.15, 0.2) is 48.5 Å². The summed E-state index contributed by atoms with van der Waals surface area (Å²) < 4.78 is 4.95. The number of carbonyl (C=O) groups excluding carboxylic acids is 1. The van der Waals surface area contributed by atoms with E-state index < -0.39 is 5.54 Å². The zero-order valence-corrected chi connectivity index (χ0v) is 12.0. The molecular formula is C16H18N2O3. The fraction of sp³-hybridized carbons (Fsp3) is 0.188. The number of amides is 1. The molecule has 5 heteroatoms. The fourth-order valence-electron chi connectivity index (χ4n) is 1.94. The van der Waals surface area contributed by atoms with Crippen LogP contribution < -0.4 is 15.8 Å². The number of ether oxygens (including phenoxy) is 1. The van der Waals surface area contributed by atoms with Crippen molar-refractivity contribution in [1.29, 1.82) is 0 Å². The van der Waals surface area contributed by atoms with E-state index >= 15 is 0 Å². The first-order chi connectivity index (χ1) is 9.95. The fourth-order valence-corrected chi connectivity index (χ4v) is 1.94. The summed E-state index contributed by atoms with van der Waals surface area (Å²) in [6, 6.07) is 13.7. The lowest BCUT2D eigenvalue weighted by molar-refractivity contribution is -0.120. The molecule has 0 saturated carbocycles. The molecule has 0 aliphatic carbocycles. The number of phenolic OH excluding ortho intramolecular Hbond substituents is 1. The number of rotatable bonds is 4. The van der Waals surface area contributed by atoms with Crippen LogP contribution in [0, 0.1) is 0 Å². The Labute approximate surface area is 123 Å². The Morgan fingerprint density at radius 2 is 1.90 bits per heavy atom. The van der Waals surface area contributed by atoms with E-state index in [2.05, 4.69) is 5.32 Å². The first-order valence-corrected chi connectivity index (χ1v) is 6.48. The molecule has 0 bridgehead atoms. The van der Waals surface area contributed by atoms with Gasteiger partial charge in [0, 0.05) is 11.8 Å². The van der Waals surface area contributed by atoms with Gasteiger partial charge in [0.25, 0.3) is 0 Å². The lowest BCUT2D eigenvalue weighted by Gasteiger charge is -2.24. The topological polar surface area (TPSA) is 84.6 Å². The highest BCUT2D eigenvalue weighted by atomic mass is 16.5. The van der Waals surface area contributed by atoms with Crippen LogP contribution in [-0.4, -0.2) is 18.1 Å². The second-order valence-electron chi connectivity index (χ2n) is 4.91. The zero-order valence-electron chi connectivity index (χ0n) is 12.0. The van der Waals surface area contributed by atoms with Crippen LogP contribution in [0.3, 0.4) is 0 Å². The maximum absolute atomic E-state index is 12.4. The standard InChI is InChI=1S/C16H18N2O3/c1-16(17,11-6-4-3-5-7-11)15(20)18-12-8-9-14(21-2)13(19)10-12/h3-10,19H,17H2,1-2H3,(H,18,20). The van der Waals surface area contributed by atoms with Crippen LogP contribution in [0.25, 0.3) is 0 Å². The molecule has 0 heterocycles. The third kappa shape index (κ3) is 3.14. The Morgan fingerprint density at radius 3 is 2.48 bits per heavy atom. The minimum absolute atomic E-state index is 0.0475. The van der Waals surface area contributed by atoms with Gasteiger partial charge in [-0.3, -0.25) is 4.79 Å². The van der Waals surface area contributed by atoms with Crippen molar-refractivity contribution < 1.29 is 14.6 Å². The largest absolute Gasteiger partial charge is 0.504 e. The minimum Gasteiger partial charge on any atom is -0.504 e. The van der Waals surface area contributed by atoms with Crippen LogP contribution in [0.5, 0.6) is 11.5 Å². The molecule has 4 N–H and O–H groups in total.